The molecule has 0 radical (unpaired) electrons. The zero-order valence-electron chi connectivity index (χ0n) is 11.7. The summed E-state index contributed by atoms with van der Waals surface area (Å²) in [6, 6.07) is 0. The lowest BCUT2D eigenvalue weighted by Gasteiger charge is -2.27. The molecule has 1 atom stereocenters. The number of sulfonamides is 1. The lowest BCUT2D eigenvalue weighted by molar-refractivity contribution is 0.537. The second-order valence-corrected chi connectivity index (χ2v) is 8.54. The molecule has 108 valence electrons. The van der Waals surface area contributed by atoms with Gasteiger partial charge in [0.05, 0.1) is 5.25 Å². The SMILES string of the molecule is CCNCC(C)S(=O)(=O)NCC1(SC)CCCC1. The number of rotatable bonds is 8. The van der Waals surface area contributed by atoms with Crippen molar-refractivity contribution in [2.45, 2.75) is 49.5 Å². The summed E-state index contributed by atoms with van der Waals surface area (Å²) in [5, 5.41) is 2.70. The fraction of sp³-hybridized carbons (Fsp3) is 1.00. The topological polar surface area (TPSA) is 58.2 Å². The van der Waals surface area contributed by atoms with E-state index in [4.69, 9.17) is 0 Å². The van der Waals surface area contributed by atoms with Crippen molar-refractivity contribution in [2.24, 2.45) is 0 Å². The molecule has 0 spiro atoms. The van der Waals surface area contributed by atoms with Gasteiger partial charge in [0.1, 0.15) is 0 Å². The van der Waals surface area contributed by atoms with Crippen molar-refractivity contribution in [3.8, 4) is 0 Å². The Labute approximate surface area is 116 Å². The van der Waals surface area contributed by atoms with Gasteiger partial charge in [-0.05, 0) is 32.6 Å². The smallest absolute Gasteiger partial charge is 0.215 e. The number of nitrogens with one attached hydrogen (secondary N) is 2. The lowest BCUT2D eigenvalue weighted by Crippen LogP contribution is -2.44. The fourth-order valence-corrected chi connectivity index (χ4v) is 4.41. The first-order chi connectivity index (χ1) is 8.46. The molecule has 0 aliphatic heterocycles. The van der Waals surface area contributed by atoms with Crippen molar-refractivity contribution in [1.82, 2.24) is 10.0 Å². The first kappa shape index (κ1) is 16.3. The summed E-state index contributed by atoms with van der Waals surface area (Å²) in [4.78, 5) is 0. The van der Waals surface area contributed by atoms with Crippen LogP contribution in [0.1, 0.15) is 39.5 Å². The van der Waals surface area contributed by atoms with Crippen LogP contribution in [0.2, 0.25) is 0 Å². The van der Waals surface area contributed by atoms with Crippen molar-refractivity contribution in [3.05, 3.63) is 0 Å². The second-order valence-electron chi connectivity index (χ2n) is 5.08. The maximum atomic E-state index is 12.1. The zero-order chi connectivity index (χ0) is 13.6. The van der Waals surface area contributed by atoms with Gasteiger partial charge in [-0.3, -0.25) is 0 Å². The van der Waals surface area contributed by atoms with Crippen LogP contribution in [-0.4, -0.2) is 44.3 Å². The highest BCUT2D eigenvalue weighted by atomic mass is 32.2. The van der Waals surface area contributed by atoms with Crippen molar-refractivity contribution >= 4 is 21.8 Å². The zero-order valence-corrected chi connectivity index (χ0v) is 13.3. The van der Waals surface area contributed by atoms with Gasteiger partial charge in [0.25, 0.3) is 0 Å². The van der Waals surface area contributed by atoms with E-state index in [1.165, 1.54) is 12.8 Å². The van der Waals surface area contributed by atoms with Gasteiger partial charge < -0.3 is 5.32 Å². The van der Waals surface area contributed by atoms with Gasteiger partial charge in [-0.25, -0.2) is 13.1 Å². The van der Waals surface area contributed by atoms with Gasteiger partial charge in [-0.2, -0.15) is 11.8 Å². The molecule has 4 nitrogen and oxygen atoms in total. The molecule has 0 bridgehead atoms. The molecule has 1 rings (SSSR count). The summed E-state index contributed by atoms with van der Waals surface area (Å²) in [5.41, 5.74) is 0. The summed E-state index contributed by atoms with van der Waals surface area (Å²) >= 11 is 1.81. The Morgan fingerprint density at radius 3 is 2.44 bits per heavy atom. The molecule has 1 aliphatic carbocycles. The summed E-state index contributed by atoms with van der Waals surface area (Å²) in [6.07, 6.45) is 6.77. The van der Waals surface area contributed by atoms with Crippen LogP contribution in [-0.2, 0) is 10.0 Å². The molecule has 0 aromatic carbocycles. The normalized spacial score (nSPS) is 21.1. The number of hydrogen-bond donors (Lipinski definition) is 2. The first-order valence-electron chi connectivity index (χ1n) is 6.70. The van der Waals surface area contributed by atoms with Gasteiger partial charge in [0.2, 0.25) is 10.0 Å². The van der Waals surface area contributed by atoms with Gasteiger partial charge in [-0.15, -0.1) is 0 Å². The van der Waals surface area contributed by atoms with E-state index in [0.29, 0.717) is 13.1 Å². The summed E-state index contributed by atoms with van der Waals surface area (Å²) in [7, 11) is -3.19. The third-order valence-corrected chi connectivity index (χ3v) is 6.95. The lowest BCUT2D eigenvalue weighted by atomic mass is 10.1. The molecule has 1 aliphatic rings. The van der Waals surface area contributed by atoms with Crippen LogP contribution in [0.15, 0.2) is 0 Å². The molecule has 1 saturated carbocycles. The van der Waals surface area contributed by atoms with Gasteiger partial charge in [0.15, 0.2) is 0 Å². The first-order valence-corrected chi connectivity index (χ1v) is 9.47. The van der Waals surface area contributed by atoms with Crippen molar-refractivity contribution in [3.63, 3.8) is 0 Å². The summed E-state index contributed by atoms with van der Waals surface area (Å²) in [6.45, 7) is 5.62. The van der Waals surface area contributed by atoms with Crippen LogP contribution in [0.25, 0.3) is 0 Å². The maximum absolute atomic E-state index is 12.1. The molecule has 6 heteroatoms. The number of hydrogen-bond acceptors (Lipinski definition) is 4. The third kappa shape index (κ3) is 4.40. The Balaban J connectivity index is 2.50. The molecule has 1 unspecified atom stereocenters. The van der Waals surface area contributed by atoms with E-state index in [9.17, 15) is 8.42 Å². The predicted octanol–water partition coefficient (Wildman–Crippen LogP) is 1.58. The van der Waals surface area contributed by atoms with Gasteiger partial charge >= 0.3 is 0 Å². The van der Waals surface area contributed by atoms with E-state index in [-0.39, 0.29) is 10.00 Å². The Bertz CT molecular complexity index is 338. The van der Waals surface area contributed by atoms with E-state index in [1.54, 1.807) is 6.92 Å². The Morgan fingerprint density at radius 1 is 1.33 bits per heavy atom. The van der Waals surface area contributed by atoms with Gasteiger partial charge in [0, 0.05) is 17.8 Å². The molecule has 2 N–H and O–H groups in total. The van der Waals surface area contributed by atoms with Crippen LogP contribution in [0, 0.1) is 0 Å². The second kappa shape index (κ2) is 7.12. The average molecular weight is 294 g/mol. The highest BCUT2D eigenvalue weighted by Crippen LogP contribution is 2.39. The molecule has 0 heterocycles. The largest absolute Gasteiger partial charge is 0.316 e. The molecule has 0 aromatic heterocycles. The highest BCUT2D eigenvalue weighted by Gasteiger charge is 2.34. The van der Waals surface area contributed by atoms with E-state index in [2.05, 4.69) is 16.3 Å². The highest BCUT2D eigenvalue weighted by molar-refractivity contribution is 8.00. The molecule has 0 amide bonds. The minimum Gasteiger partial charge on any atom is -0.316 e. The monoisotopic (exact) mass is 294 g/mol. The summed E-state index contributed by atoms with van der Waals surface area (Å²) in [5.74, 6) is 0. The van der Waals surface area contributed by atoms with Crippen molar-refractivity contribution < 1.29 is 8.42 Å². The van der Waals surface area contributed by atoms with Crippen molar-refractivity contribution in [2.75, 3.05) is 25.9 Å². The third-order valence-electron chi connectivity index (χ3n) is 3.75. The van der Waals surface area contributed by atoms with Crippen LogP contribution < -0.4 is 10.0 Å². The molecule has 1 fully saturated rings. The fourth-order valence-electron chi connectivity index (χ4n) is 2.30. The molecular formula is C12H26N2O2S2. The van der Waals surface area contributed by atoms with E-state index >= 15 is 0 Å². The average Bonchev–Trinajstić information content (AvgIpc) is 2.83. The van der Waals surface area contributed by atoms with E-state index < -0.39 is 10.0 Å². The van der Waals surface area contributed by atoms with Crippen LogP contribution in [0.5, 0.6) is 0 Å². The van der Waals surface area contributed by atoms with Crippen LogP contribution in [0.3, 0.4) is 0 Å². The molecule has 18 heavy (non-hydrogen) atoms. The standard InChI is InChI=1S/C12H26N2O2S2/c1-4-13-9-11(2)18(15,16)14-10-12(17-3)7-5-6-8-12/h11,13-14H,4-10H2,1-3H3. The Morgan fingerprint density at radius 2 is 1.94 bits per heavy atom. The molecule has 0 aromatic rings. The minimum atomic E-state index is -3.19. The quantitative estimate of drug-likeness (QED) is 0.713. The van der Waals surface area contributed by atoms with Crippen LogP contribution >= 0.6 is 11.8 Å². The Hall–Kier alpha value is 0.220. The van der Waals surface area contributed by atoms with Crippen LogP contribution in [0.4, 0.5) is 0 Å². The van der Waals surface area contributed by atoms with Gasteiger partial charge in [-0.1, -0.05) is 19.8 Å². The summed E-state index contributed by atoms with van der Waals surface area (Å²) < 4.78 is 27.1. The Kier molecular flexibility index (Phi) is 6.44. The maximum Gasteiger partial charge on any atom is 0.215 e. The molecule has 0 saturated heterocycles. The minimum absolute atomic E-state index is 0.130. The van der Waals surface area contributed by atoms with E-state index in [0.717, 1.165) is 19.4 Å². The molecular weight excluding hydrogens is 268 g/mol. The van der Waals surface area contributed by atoms with E-state index in [1.807, 2.05) is 18.7 Å². The predicted molar refractivity (Wildman–Crippen MR) is 79.6 cm³/mol. The number of thioether (sulfide) groups is 1. The van der Waals surface area contributed by atoms with Crippen molar-refractivity contribution in [1.29, 1.82) is 0 Å².